The maximum Gasteiger partial charge on any atom is 0.341 e. The number of carbonyl (C=O) groups is 1. The van der Waals surface area contributed by atoms with Crippen molar-refractivity contribution < 1.29 is 27.4 Å². The highest BCUT2D eigenvalue weighted by molar-refractivity contribution is 5.97. The number of rotatable bonds is 8. The van der Waals surface area contributed by atoms with E-state index >= 15 is 0 Å². The lowest BCUT2D eigenvalue weighted by Gasteiger charge is -2.41. The van der Waals surface area contributed by atoms with Crippen LogP contribution in [0.25, 0.3) is 0 Å². The zero-order valence-electron chi connectivity index (χ0n) is 20.6. The average molecular weight is 517 g/mol. The number of pyridine rings is 1. The number of allylic oxidation sites excluding steroid dienone is 1. The van der Waals surface area contributed by atoms with Gasteiger partial charge in [0.2, 0.25) is 0 Å². The second kappa shape index (κ2) is 11.0. The number of hydrazone groups is 1. The number of nitrogens with zero attached hydrogens (tertiary/aromatic N) is 4. The smallest absolute Gasteiger partial charge is 0.341 e. The fraction of sp³-hybridized carbons (Fsp3) is 0.360. The number of amides is 2. The van der Waals surface area contributed by atoms with Crippen molar-refractivity contribution in [1.29, 1.82) is 5.41 Å². The molecule has 0 bridgehead atoms. The summed E-state index contributed by atoms with van der Waals surface area (Å²) in [6.45, 7) is 4.01. The molecule has 2 amide bonds. The SMILES string of the molecule is COC/C(C(C)=N)=C(\C)Nc1cc(OC2CN(C(=O)N3N=CC[C@H]3c3cc(F)cc(F)c3)C2)c(F)cn1. The van der Waals surface area contributed by atoms with Crippen LogP contribution < -0.4 is 10.1 Å². The molecule has 3 heterocycles. The van der Waals surface area contributed by atoms with Gasteiger partial charge in [-0.25, -0.2) is 28.0 Å². The van der Waals surface area contributed by atoms with E-state index in [-0.39, 0.29) is 25.4 Å². The van der Waals surface area contributed by atoms with Crippen LogP contribution >= 0.6 is 0 Å². The minimum Gasteiger partial charge on any atom is -0.483 e. The van der Waals surface area contributed by atoms with Crippen LogP contribution in [0, 0.1) is 22.9 Å². The van der Waals surface area contributed by atoms with Crippen LogP contribution in [0.4, 0.5) is 23.8 Å². The van der Waals surface area contributed by atoms with Crippen molar-refractivity contribution in [3.8, 4) is 5.75 Å². The van der Waals surface area contributed by atoms with Gasteiger partial charge < -0.3 is 25.1 Å². The molecule has 1 aromatic carbocycles. The van der Waals surface area contributed by atoms with Crippen molar-refractivity contribution in [2.45, 2.75) is 32.4 Å². The largest absolute Gasteiger partial charge is 0.483 e. The summed E-state index contributed by atoms with van der Waals surface area (Å²) in [7, 11) is 1.53. The Kier molecular flexibility index (Phi) is 7.77. The Morgan fingerprint density at radius 1 is 1.16 bits per heavy atom. The molecule has 4 rings (SSSR count). The molecule has 2 aromatic rings. The molecule has 2 aliphatic rings. The van der Waals surface area contributed by atoms with Gasteiger partial charge in [0.05, 0.1) is 31.9 Å². The number of urea groups is 1. The molecule has 37 heavy (non-hydrogen) atoms. The third kappa shape index (κ3) is 5.91. The van der Waals surface area contributed by atoms with Gasteiger partial charge >= 0.3 is 6.03 Å². The minimum absolute atomic E-state index is 0.0328. The first-order chi connectivity index (χ1) is 17.7. The number of aromatic nitrogens is 1. The number of hydrogen-bond donors (Lipinski definition) is 2. The first kappa shape index (κ1) is 26.1. The number of benzene rings is 1. The highest BCUT2D eigenvalue weighted by atomic mass is 19.1. The van der Waals surface area contributed by atoms with Gasteiger partial charge in [-0.2, -0.15) is 5.10 Å². The zero-order chi connectivity index (χ0) is 26.7. The van der Waals surface area contributed by atoms with Gasteiger partial charge in [0, 0.05) is 48.9 Å². The van der Waals surface area contributed by atoms with Gasteiger partial charge in [0.25, 0.3) is 0 Å². The van der Waals surface area contributed by atoms with E-state index in [1.165, 1.54) is 41.4 Å². The van der Waals surface area contributed by atoms with Crippen molar-refractivity contribution in [2.75, 3.05) is 32.1 Å². The maximum absolute atomic E-state index is 14.4. The summed E-state index contributed by atoms with van der Waals surface area (Å²) in [6, 6.07) is 3.49. The average Bonchev–Trinajstić information content (AvgIpc) is 3.30. The maximum atomic E-state index is 14.4. The van der Waals surface area contributed by atoms with Crippen LogP contribution in [0.3, 0.4) is 0 Å². The summed E-state index contributed by atoms with van der Waals surface area (Å²) >= 11 is 0. The number of likely N-dealkylation sites (tertiary alicyclic amines) is 1. The Balaban J connectivity index is 1.38. The predicted molar refractivity (Wildman–Crippen MR) is 131 cm³/mol. The Bertz CT molecular complexity index is 1240. The van der Waals surface area contributed by atoms with Crippen molar-refractivity contribution in [3.63, 3.8) is 0 Å². The number of methoxy groups -OCH3 is 1. The van der Waals surface area contributed by atoms with E-state index in [0.717, 1.165) is 12.3 Å². The molecule has 0 spiro atoms. The third-order valence-electron chi connectivity index (χ3n) is 6.04. The van der Waals surface area contributed by atoms with E-state index in [1.54, 1.807) is 13.8 Å². The molecule has 1 aromatic heterocycles. The van der Waals surface area contributed by atoms with E-state index in [4.69, 9.17) is 14.9 Å². The van der Waals surface area contributed by atoms with E-state index in [1.807, 2.05) is 0 Å². The quantitative estimate of drug-likeness (QED) is 0.504. The van der Waals surface area contributed by atoms with Gasteiger partial charge in [0.1, 0.15) is 23.6 Å². The number of carbonyl (C=O) groups excluding carboxylic acids is 1. The first-order valence-corrected chi connectivity index (χ1v) is 11.6. The standard InChI is InChI=1S/C25H27F3N6O3/c1-14(29)20(13-36-3)15(2)32-24-9-23(21(28)10-30-24)37-19-11-33(12-19)25(35)34-22(4-5-31-34)16-6-17(26)8-18(27)7-16/h5-10,19,22,29H,4,11-13H2,1-3H3,(H,30,32)/b20-15-,29-14?/t22-/m0/s1. The number of hydrogen-bond acceptors (Lipinski definition) is 7. The normalized spacial score (nSPS) is 17.9. The molecule has 2 aliphatic heterocycles. The van der Waals surface area contributed by atoms with Crippen LogP contribution in [0.2, 0.25) is 0 Å². The summed E-state index contributed by atoms with van der Waals surface area (Å²) in [6.07, 6.45) is 2.42. The van der Waals surface area contributed by atoms with Crippen molar-refractivity contribution in [2.24, 2.45) is 5.10 Å². The van der Waals surface area contributed by atoms with Crippen LogP contribution in [0.1, 0.15) is 31.9 Å². The number of ether oxygens (including phenoxy) is 2. The molecule has 0 unspecified atom stereocenters. The molecule has 196 valence electrons. The Hall–Kier alpha value is -3.93. The molecule has 0 aliphatic carbocycles. The third-order valence-corrected chi connectivity index (χ3v) is 6.04. The highest BCUT2D eigenvalue weighted by Crippen LogP contribution is 2.32. The predicted octanol–water partition coefficient (Wildman–Crippen LogP) is 4.49. The van der Waals surface area contributed by atoms with Crippen LogP contribution in [0.5, 0.6) is 5.75 Å². The van der Waals surface area contributed by atoms with Gasteiger partial charge in [-0.3, -0.25) is 0 Å². The van der Waals surface area contributed by atoms with Gasteiger partial charge in [-0.1, -0.05) is 0 Å². The first-order valence-electron chi connectivity index (χ1n) is 11.6. The summed E-state index contributed by atoms with van der Waals surface area (Å²) < 4.78 is 52.6. The van der Waals surface area contributed by atoms with Crippen LogP contribution in [-0.2, 0) is 4.74 Å². The van der Waals surface area contributed by atoms with E-state index < -0.39 is 35.6 Å². The van der Waals surface area contributed by atoms with E-state index in [2.05, 4.69) is 15.4 Å². The second-order valence-electron chi connectivity index (χ2n) is 8.81. The number of halogens is 3. The fourth-order valence-electron chi connectivity index (χ4n) is 4.12. The van der Waals surface area contributed by atoms with Crippen LogP contribution in [-0.4, -0.2) is 65.8 Å². The number of nitrogens with one attached hydrogen (secondary N) is 2. The van der Waals surface area contributed by atoms with Crippen molar-refractivity contribution in [3.05, 3.63) is 64.7 Å². The molecule has 1 atom stereocenters. The lowest BCUT2D eigenvalue weighted by atomic mass is 10.0. The van der Waals surface area contributed by atoms with Gasteiger partial charge in [-0.15, -0.1) is 0 Å². The molecule has 0 radical (unpaired) electrons. The van der Waals surface area contributed by atoms with Crippen LogP contribution in [0.15, 0.2) is 46.8 Å². The zero-order valence-corrected chi connectivity index (χ0v) is 20.6. The Morgan fingerprint density at radius 2 is 1.86 bits per heavy atom. The Labute approximate surface area is 212 Å². The highest BCUT2D eigenvalue weighted by Gasteiger charge is 2.39. The molecule has 1 fully saturated rings. The van der Waals surface area contributed by atoms with Crippen molar-refractivity contribution in [1.82, 2.24) is 14.9 Å². The molecular formula is C25H27F3N6O3. The lowest BCUT2D eigenvalue weighted by molar-refractivity contribution is 0.0256. The fourth-order valence-corrected chi connectivity index (χ4v) is 4.12. The topological polar surface area (TPSA) is 103 Å². The van der Waals surface area contributed by atoms with Crippen molar-refractivity contribution >= 4 is 23.8 Å². The lowest BCUT2D eigenvalue weighted by Crippen LogP contribution is -2.58. The molecule has 0 saturated carbocycles. The summed E-state index contributed by atoms with van der Waals surface area (Å²) in [5.41, 5.74) is 1.93. The molecular weight excluding hydrogens is 489 g/mol. The van der Waals surface area contributed by atoms with E-state index in [9.17, 15) is 18.0 Å². The molecule has 2 N–H and O–H groups in total. The number of anilines is 1. The summed E-state index contributed by atoms with van der Waals surface area (Å²) in [5, 5.41) is 16.2. The second-order valence-corrected chi connectivity index (χ2v) is 8.81. The Morgan fingerprint density at radius 3 is 2.51 bits per heavy atom. The minimum atomic E-state index is -0.728. The van der Waals surface area contributed by atoms with Gasteiger partial charge in [0.15, 0.2) is 11.6 Å². The van der Waals surface area contributed by atoms with E-state index in [0.29, 0.717) is 34.8 Å². The molecule has 12 heteroatoms. The monoisotopic (exact) mass is 516 g/mol. The summed E-state index contributed by atoms with van der Waals surface area (Å²) in [4.78, 5) is 18.5. The molecule has 1 saturated heterocycles. The molecule has 9 nitrogen and oxygen atoms in total. The summed E-state index contributed by atoms with van der Waals surface area (Å²) in [5.74, 6) is -1.82. The van der Waals surface area contributed by atoms with Gasteiger partial charge in [-0.05, 0) is 31.5 Å².